The van der Waals surface area contributed by atoms with Crippen LogP contribution >= 0.6 is 15.9 Å². The summed E-state index contributed by atoms with van der Waals surface area (Å²) in [7, 11) is 1.47. The molecule has 2 aromatic rings. The van der Waals surface area contributed by atoms with Crippen LogP contribution in [0, 0.1) is 5.82 Å². The van der Waals surface area contributed by atoms with Gasteiger partial charge in [-0.05, 0) is 29.8 Å². The molecule has 0 atom stereocenters. The van der Waals surface area contributed by atoms with Crippen LogP contribution in [0.5, 0.6) is 11.5 Å². The topological polar surface area (TPSA) is 76.7 Å². The smallest absolute Gasteiger partial charge is 0.326 e. The van der Waals surface area contributed by atoms with Gasteiger partial charge in [-0.2, -0.15) is 0 Å². The molecule has 134 valence electrons. The molecule has 2 N–H and O–H groups in total. The number of amides is 3. The number of benzene rings is 2. The number of nitrogens with one attached hydrogen (secondary N) is 2. The van der Waals surface area contributed by atoms with E-state index in [1.165, 1.54) is 19.3 Å². The van der Waals surface area contributed by atoms with E-state index in [9.17, 15) is 14.0 Å². The zero-order valence-corrected chi connectivity index (χ0v) is 15.2. The number of carbonyl (C=O) groups excluding carboxylic acids is 2. The van der Waals surface area contributed by atoms with Gasteiger partial charge >= 0.3 is 6.03 Å². The first-order valence-corrected chi connectivity index (χ1v) is 8.35. The third-order valence-electron chi connectivity index (χ3n) is 3.64. The molecule has 1 aliphatic rings. The van der Waals surface area contributed by atoms with E-state index in [1.807, 2.05) is 0 Å². The van der Waals surface area contributed by atoms with Crippen LogP contribution in [0.3, 0.4) is 0 Å². The van der Waals surface area contributed by atoms with E-state index in [0.29, 0.717) is 27.1 Å². The van der Waals surface area contributed by atoms with Gasteiger partial charge in [-0.25, -0.2) is 9.18 Å². The Balaban J connectivity index is 1.85. The monoisotopic (exact) mass is 420 g/mol. The molecule has 1 fully saturated rings. The van der Waals surface area contributed by atoms with Gasteiger partial charge in [-0.3, -0.25) is 10.1 Å². The van der Waals surface area contributed by atoms with Crippen LogP contribution in [0.15, 0.2) is 46.6 Å². The van der Waals surface area contributed by atoms with Crippen LogP contribution < -0.4 is 20.1 Å². The zero-order chi connectivity index (χ0) is 18.7. The van der Waals surface area contributed by atoms with E-state index in [0.717, 1.165) is 0 Å². The Kier molecular flexibility index (Phi) is 5.22. The predicted molar refractivity (Wildman–Crippen MR) is 96.1 cm³/mol. The summed E-state index contributed by atoms with van der Waals surface area (Å²) in [5.74, 6) is -0.0542. The molecule has 0 aromatic heterocycles. The van der Waals surface area contributed by atoms with Crippen LogP contribution in [-0.2, 0) is 11.4 Å². The molecule has 26 heavy (non-hydrogen) atoms. The Bertz CT molecular complexity index is 914. The fourth-order valence-corrected chi connectivity index (χ4v) is 2.78. The average molecular weight is 421 g/mol. The molecule has 0 bridgehead atoms. The van der Waals surface area contributed by atoms with Gasteiger partial charge in [0.2, 0.25) is 0 Å². The summed E-state index contributed by atoms with van der Waals surface area (Å²) in [5.41, 5.74) is 1.15. The molecular formula is C18H14BrFN2O4. The van der Waals surface area contributed by atoms with Crippen molar-refractivity contribution < 1.29 is 23.5 Å². The minimum Gasteiger partial charge on any atom is -0.493 e. The maximum Gasteiger partial charge on any atom is 0.326 e. The van der Waals surface area contributed by atoms with Crippen molar-refractivity contribution in [2.24, 2.45) is 0 Å². The van der Waals surface area contributed by atoms with Crippen LogP contribution in [0.4, 0.5) is 9.18 Å². The highest BCUT2D eigenvalue weighted by atomic mass is 79.9. The third kappa shape index (κ3) is 3.85. The van der Waals surface area contributed by atoms with Gasteiger partial charge in [-0.1, -0.05) is 34.1 Å². The molecule has 0 aliphatic carbocycles. The van der Waals surface area contributed by atoms with Gasteiger partial charge in [0.05, 0.1) is 7.11 Å². The quantitative estimate of drug-likeness (QED) is 0.574. The second-order valence-electron chi connectivity index (χ2n) is 5.37. The van der Waals surface area contributed by atoms with Crippen molar-refractivity contribution in [2.45, 2.75) is 6.61 Å². The maximum absolute atomic E-state index is 13.7. The van der Waals surface area contributed by atoms with E-state index in [2.05, 4.69) is 26.6 Å². The van der Waals surface area contributed by atoms with Gasteiger partial charge in [0.15, 0.2) is 11.5 Å². The highest BCUT2D eigenvalue weighted by Crippen LogP contribution is 2.35. The molecule has 1 saturated heterocycles. The van der Waals surface area contributed by atoms with E-state index >= 15 is 0 Å². The number of urea groups is 1. The van der Waals surface area contributed by atoms with E-state index in [-0.39, 0.29) is 18.1 Å². The van der Waals surface area contributed by atoms with Gasteiger partial charge in [0.25, 0.3) is 5.91 Å². The van der Waals surface area contributed by atoms with Crippen molar-refractivity contribution in [3.8, 4) is 11.5 Å². The number of hydrogen-bond donors (Lipinski definition) is 2. The van der Waals surface area contributed by atoms with Crippen molar-refractivity contribution in [3.05, 3.63) is 63.5 Å². The molecule has 2 aromatic carbocycles. The first-order valence-electron chi connectivity index (χ1n) is 7.55. The Morgan fingerprint density at radius 2 is 1.92 bits per heavy atom. The first kappa shape index (κ1) is 17.9. The number of imide groups is 1. The van der Waals surface area contributed by atoms with E-state index in [4.69, 9.17) is 9.47 Å². The molecule has 8 heteroatoms. The minimum absolute atomic E-state index is 0.0361. The molecule has 6 nitrogen and oxygen atoms in total. The van der Waals surface area contributed by atoms with Crippen LogP contribution in [0.2, 0.25) is 0 Å². The van der Waals surface area contributed by atoms with Crippen LogP contribution in [-0.4, -0.2) is 19.0 Å². The van der Waals surface area contributed by atoms with Crippen LogP contribution in [0.1, 0.15) is 11.1 Å². The lowest BCUT2D eigenvalue weighted by Crippen LogP contribution is -2.22. The van der Waals surface area contributed by atoms with Crippen molar-refractivity contribution >= 4 is 33.9 Å². The average Bonchev–Trinajstić information content (AvgIpc) is 2.93. The van der Waals surface area contributed by atoms with Crippen LogP contribution in [0.25, 0.3) is 6.08 Å². The highest BCUT2D eigenvalue weighted by molar-refractivity contribution is 9.10. The van der Waals surface area contributed by atoms with Crippen molar-refractivity contribution in [1.29, 1.82) is 0 Å². The number of rotatable bonds is 5. The number of methoxy groups -OCH3 is 1. The fourth-order valence-electron chi connectivity index (χ4n) is 2.34. The van der Waals surface area contributed by atoms with Crippen molar-refractivity contribution in [1.82, 2.24) is 10.6 Å². The molecule has 3 amide bonds. The fraction of sp³-hybridized carbons (Fsp3) is 0.111. The van der Waals surface area contributed by atoms with Gasteiger partial charge < -0.3 is 14.8 Å². The molecular weight excluding hydrogens is 407 g/mol. The normalized spacial score (nSPS) is 15.0. The molecule has 0 saturated carbocycles. The zero-order valence-electron chi connectivity index (χ0n) is 13.6. The van der Waals surface area contributed by atoms with Gasteiger partial charge in [0, 0.05) is 10.0 Å². The van der Waals surface area contributed by atoms with Gasteiger partial charge in [0.1, 0.15) is 18.1 Å². The van der Waals surface area contributed by atoms with Crippen molar-refractivity contribution in [2.75, 3.05) is 7.11 Å². The largest absolute Gasteiger partial charge is 0.493 e. The van der Waals surface area contributed by atoms with Gasteiger partial charge in [-0.15, -0.1) is 0 Å². The Morgan fingerprint density at radius 3 is 2.58 bits per heavy atom. The molecule has 1 heterocycles. The number of carbonyl (C=O) groups is 2. The Hall–Kier alpha value is -2.87. The Labute approximate surface area is 157 Å². The number of hydrogen-bond acceptors (Lipinski definition) is 4. The van der Waals surface area contributed by atoms with E-state index in [1.54, 1.807) is 30.3 Å². The molecule has 0 unspecified atom stereocenters. The molecule has 0 spiro atoms. The maximum atomic E-state index is 13.7. The number of halogens is 2. The lowest BCUT2D eigenvalue weighted by molar-refractivity contribution is -0.115. The van der Waals surface area contributed by atoms with E-state index < -0.39 is 11.9 Å². The predicted octanol–water partition coefficient (Wildman–Crippen LogP) is 3.36. The lowest BCUT2D eigenvalue weighted by Gasteiger charge is -2.13. The minimum atomic E-state index is -0.575. The number of ether oxygens (including phenoxy) is 2. The standard InChI is InChI=1S/C18H14BrFN2O4/c1-25-15-7-11(6-14-17(23)22-18(24)21-14)12(19)8-16(15)26-9-10-4-2-3-5-13(10)20/h2-8H,9H2,1H3,(H2,21,22,23,24)/b14-6+. The summed E-state index contributed by atoms with van der Waals surface area (Å²) in [6, 6.07) is 9.06. The summed E-state index contributed by atoms with van der Waals surface area (Å²) in [5, 5.41) is 4.54. The highest BCUT2D eigenvalue weighted by Gasteiger charge is 2.23. The third-order valence-corrected chi connectivity index (χ3v) is 4.33. The summed E-state index contributed by atoms with van der Waals surface area (Å²) >= 11 is 3.39. The summed E-state index contributed by atoms with van der Waals surface area (Å²) in [4.78, 5) is 22.8. The SMILES string of the molecule is COc1cc(/C=C2/NC(=O)NC2=O)c(Br)cc1OCc1ccccc1F. The molecule has 1 aliphatic heterocycles. The lowest BCUT2D eigenvalue weighted by atomic mass is 10.1. The van der Waals surface area contributed by atoms with Crippen molar-refractivity contribution in [3.63, 3.8) is 0 Å². The second kappa shape index (κ2) is 7.57. The second-order valence-corrected chi connectivity index (χ2v) is 6.23. The summed E-state index contributed by atoms with van der Waals surface area (Å²) < 4.78 is 25.3. The Morgan fingerprint density at radius 1 is 1.15 bits per heavy atom. The molecule has 0 radical (unpaired) electrons. The summed E-state index contributed by atoms with van der Waals surface area (Å²) in [6.45, 7) is 0.0361. The summed E-state index contributed by atoms with van der Waals surface area (Å²) in [6.07, 6.45) is 1.51. The first-order chi connectivity index (χ1) is 12.5. The molecule has 3 rings (SSSR count).